The second-order valence-corrected chi connectivity index (χ2v) is 6.18. The molecule has 0 aliphatic heterocycles. The quantitative estimate of drug-likeness (QED) is 0.650. The van der Waals surface area contributed by atoms with Crippen LogP contribution in [0.1, 0.15) is 47.0 Å². The van der Waals surface area contributed by atoms with Crippen LogP contribution in [0.3, 0.4) is 0 Å². The minimum absolute atomic E-state index is 0.0106. The van der Waals surface area contributed by atoms with E-state index in [1.807, 2.05) is 0 Å². The van der Waals surface area contributed by atoms with Crippen LogP contribution in [0.25, 0.3) is 0 Å². The average molecular weight is 232 g/mol. The van der Waals surface area contributed by atoms with Crippen molar-refractivity contribution < 1.29 is 9.59 Å². The van der Waals surface area contributed by atoms with Crippen LogP contribution in [-0.4, -0.2) is 11.6 Å². The van der Waals surface area contributed by atoms with Gasteiger partial charge >= 0.3 is 0 Å². The zero-order valence-electron chi connectivity index (χ0n) is 11.1. The predicted molar refractivity (Wildman–Crippen MR) is 67.6 cm³/mol. The zero-order chi connectivity index (χ0) is 12.8. The number of hydrogen-bond donors (Lipinski definition) is 0. The predicted octanol–water partition coefficient (Wildman–Crippen LogP) is 3.23. The van der Waals surface area contributed by atoms with Gasteiger partial charge in [0.2, 0.25) is 0 Å². The van der Waals surface area contributed by atoms with Crippen LogP contribution in [-0.2, 0) is 9.59 Å². The van der Waals surface area contributed by atoms with Gasteiger partial charge in [-0.05, 0) is 37.3 Å². The van der Waals surface area contributed by atoms with Gasteiger partial charge in [-0.1, -0.05) is 27.2 Å². The lowest BCUT2D eigenvalue weighted by molar-refractivity contribution is -0.116. The molecule has 0 saturated heterocycles. The second-order valence-electron chi connectivity index (χ2n) is 6.18. The normalized spacial score (nSPS) is 32.5. The van der Waals surface area contributed by atoms with Crippen molar-refractivity contribution >= 4 is 11.6 Å². The molecule has 0 N–H and O–H groups in total. The molecule has 0 aromatic heterocycles. The van der Waals surface area contributed by atoms with Gasteiger partial charge in [0.05, 0.1) is 0 Å². The summed E-state index contributed by atoms with van der Waals surface area (Å²) in [5.41, 5.74) is 1.21. The van der Waals surface area contributed by atoms with Crippen molar-refractivity contribution in [1.29, 1.82) is 0 Å². The first-order valence-corrected chi connectivity index (χ1v) is 6.27. The van der Waals surface area contributed by atoms with Crippen LogP contribution in [0.2, 0.25) is 0 Å². The molecule has 0 radical (unpaired) electrons. The van der Waals surface area contributed by atoms with E-state index in [0.717, 1.165) is 24.8 Å². The third-order valence-electron chi connectivity index (χ3n) is 4.84. The Morgan fingerprint density at radius 2 is 1.65 bits per heavy atom. The monoisotopic (exact) mass is 232 g/mol. The maximum atomic E-state index is 12.1. The summed E-state index contributed by atoms with van der Waals surface area (Å²) >= 11 is 0. The summed E-state index contributed by atoms with van der Waals surface area (Å²) in [6, 6.07) is 0. The maximum absolute atomic E-state index is 12.1. The lowest BCUT2D eigenvalue weighted by atomic mass is 9.63. The molecule has 2 rings (SSSR count). The minimum atomic E-state index is -0.156. The number of rotatable bonds is 1. The van der Waals surface area contributed by atoms with Gasteiger partial charge < -0.3 is 0 Å². The molecular weight excluding hydrogens is 212 g/mol. The first-order chi connectivity index (χ1) is 7.78. The Bertz CT molecular complexity index is 452. The van der Waals surface area contributed by atoms with E-state index in [4.69, 9.17) is 0 Å². The summed E-state index contributed by atoms with van der Waals surface area (Å²) in [7, 11) is 0. The fourth-order valence-corrected chi connectivity index (χ4v) is 3.09. The van der Waals surface area contributed by atoms with Crippen LogP contribution in [0.15, 0.2) is 23.3 Å². The summed E-state index contributed by atoms with van der Waals surface area (Å²) in [6.07, 6.45) is 6.32. The molecule has 92 valence electrons. The molecule has 0 aromatic rings. The topological polar surface area (TPSA) is 34.1 Å². The van der Waals surface area contributed by atoms with Gasteiger partial charge in [0.15, 0.2) is 11.6 Å². The Morgan fingerprint density at radius 1 is 1.00 bits per heavy atom. The van der Waals surface area contributed by atoms with Gasteiger partial charge in [-0.2, -0.15) is 0 Å². The highest BCUT2D eigenvalue weighted by molar-refractivity contribution is 6.20. The van der Waals surface area contributed by atoms with Gasteiger partial charge in [-0.15, -0.1) is 0 Å². The van der Waals surface area contributed by atoms with E-state index >= 15 is 0 Å². The Balaban J connectivity index is 2.45. The van der Waals surface area contributed by atoms with Gasteiger partial charge in [-0.25, -0.2) is 0 Å². The standard InChI is InChI=1S/C15H20O2/c1-10-8-13(17)11(9-12(10)16)15(4)7-5-6-14(15,2)3/h8-9H,5-7H2,1-4H3/t15-/m1/s1. The second kappa shape index (κ2) is 3.66. The summed E-state index contributed by atoms with van der Waals surface area (Å²) in [5, 5.41) is 0. The number of carbonyl (C=O) groups excluding carboxylic acids is 2. The molecule has 0 heterocycles. The van der Waals surface area contributed by atoms with Crippen molar-refractivity contribution in [3.63, 3.8) is 0 Å². The summed E-state index contributed by atoms with van der Waals surface area (Å²) < 4.78 is 0. The molecule has 0 aromatic carbocycles. The lowest BCUT2D eigenvalue weighted by Gasteiger charge is -2.40. The van der Waals surface area contributed by atoms with Crippen LogP contribution in [0.4, 0.5) is 0 Å². The van der Waals surface area contributed by atoms with E-state index in [1.165, 1.54) is 6.08 Å². The van der Waals surface area contributed by atoms with E-state index < -0.39 is 0 Å². The molecule has 1 fully saturated rings. The highest BCUT2D eigenvalue weighted by atomic mass is 16.1. The van der Waals surface area contributed by atoms with Crippen LogP contribution in [0, 0.1) is 10.8 Å². The molecule has 1 atom stereocenters. The lowest BCUT2D eigenvalue weighted by Crippen LogP contribution is -2.36. The van der Waals surface area contributed by atoms with E-state index in [9.17, 15) is 9.59 Å². The fourth-order valence-electron chi connectivity index (χ4n) is 3.09. The van der Waals surface area contributed by atoms with Crippen LogP contribution in [0.5, 0.6) is 0 Å². The van der Waals surface area contributed by atoms with Crippen LogP contribution >= 0.6 is 0 Å². The number of carbonyl (C=O) groups is 2. The van der Waals surface area contributed by atoms with Gasteiger partial charge in [-0.3, -0.25) is 9.59 Å². The molecule has 0 unspecified atom stereocenters. The third kappa shape index (κ3) is 1.70. The van der Waals surface area contributed by atoms with E-state index in [2.05, 4.69) is 20.8 Å². The van der Waals surface area contributed by atoms with Crippen molar-refractivity contribution in [3.8, 4) is 0 Å². The molecule has 0 amide bonds. The summed E-state index contributed by atoms with van der Waals surface area (Å²) in [4.78, 5) is 23.9. The van der Waals surface area contributed by atoms with Crippen molar-refractivity contribution in [2.24, 2.45) is 10.8 Å². The smallest absolute Gasteiger partial charge is 0.182 e. The fraction of sp³-hybridized carbons (Fsp3) is 0.600. The van der Waals surface area contributed by atoms with Crippen molar-refractivity contribution in [3.05, 3.63) is 23.3 Å². The van der Waals surface area contributed by atoms with E-state index in [-0.39, 0.29) is 22.4 Å². The van der Waals surface area contributed by atoms with Crippen molar-refractivity contribution in [2.45, 2.75) is 47.0 Å². The first kappa shape index (κ1) is 12.3. The van der Waals surface area contributed by atoms with E-state index in [1.54, 1.807) is 13.0 Å². The number of hydrogen-bond acceptors (Lipinski definition) is 2. The average Bonchev–Trinajstić information content (AvgIpc) is 2.48. The molecular formula is C15H20O2. The van der Waals surface area contributed by atoms with Gasteiger partial charge in [0.1, 0.15) is 0 Å². The SMILES string of the molecule is CC1=CC(=O)C([C@@]2(C)CCCC2(C)C)=CC1=O. The molecule has 2 nitrogen and oxygen atoms in total. The maximum Gasteiger partial charge on any atom is 0.182 e. The van der Waals surface area contributed by atoms with Crippen molar-refractivity contribution in [1.82, 2.24) is 0 Å². The van der Waals surface area contributed by atoms with Crippen LogP contribution < -0.4 is 0 Å². The zero-order valence-corrected chi connectivity index (χ0v) is 11.1. The Kier molecular flexibility index (Phi) is 2.64. The summed E-state index contributed by atoms with van der Waals surface area (Å²) in [6.45, 7) is 8.23. The number of ketones is 2. The van der Waals surface area contributed by atoms with E-state index in [0.29, 0.717) is 5.57 Å². The Hall–Kier alpha value is -1.18. The Labute approximate surface area is 103 Å². The van der Waals surface area contributed by atoms with Gasteiger partial charge in [0, 0.05) is 16.6 Å². The largest absolute Gasteiger partial charge is 0.290 e. The Morgan fingerprint density at radius 3 is 2.18 bits per heavy atom. The van der Waals surface area contributed by atoms with Crippen molar-refractivity contribution in [2.75, 3.05) is 0 Å². The number of allylic oxidation sites excluding steroid dienone is 4. The minimum Gasteiger partial charge on any atom is -0.290 e. The molecule has 2 heteroatoms. The molecule has 17 heavy (non-hydrogen) atoms. The highest BCUT2D eigenvalue weighted by Gasteiger charge is 2.49. The summed E-state index contributed by atoms with van der Waals surface area (Å²) in [5.74, 6) is 0.0168. The molecule has 2 aliphatic rings. The molecule has 0 bridgehead atoms. The molecule has 0 spiro atoms. The molecule has 1 saturated carbocycles. The molecule has 2 aliphatic carbocycles. The highest BCUT2D eigenvalue weighted by Crippen LogP contribution is 2.57. The first-order valence-electron chi connectivity index (χ1n) is 6.27. The third-order valence-corrected chi connectivity index (χ3v) is 4.84. The van der Waals surface area contributed by atoms with Gasteiger partial charge in [0.25, 0.3) is 0 Å².